The average molecular weight is 476 g/mol. The Hall–Kier alpha value is -2.60. The highest BCUT2D eigenvalue weighted by Gasteiger charge is 2.29. The second-order valence-electron chi connectivity index (χ2n) is 9.77. The molecule has 0 saturated heterocycles. The maximum atomic E-state index is 13.0. The number of nitrogens with two attached hydrogens (primary N) is 2. The molecule has 2 rings (SSSR count). The number of benzene rings is 2. The Morgan fingerprint density at radius 2 is 1.67 bits per heavy atom. The Kier molecular flexibility index (Phi) is 8.18. The molecule has 0 radical (unpaired) electrons. The van der Waals surface area contributed by atoms with Gasteiger partial charge < -0.3 is 26.6 Å². The lowest BCUT2D eigenvalue weighted by Crippen LogP contribution is -2.33. The molecule has 2 aromatic rings. The van der Waals surface area contributed by atoms with Crippen LogP contribution in [0.4, 0.5) is 17.1 Å². The summed E-state index contributed by atoms with van der Waals surface area (Å²) in [6, 6.07) is 7.62. The van der Waals surface area contributed by atoms with Gasteiger partial charge in [-0.25, -0.2) is 0 Å². The first-order chi connectivity index (χ1) is 15.3. The monoisotopic (exact) mass is 475 g/mol. The van der Waals surface area contributed by atoms with Crippen molar-refractivity contribution in [3.8, 4) is 11.5 Å². The molecule has 33 heavy (non-hydrogen) atoms. The normalized spacial score (nSPS) is 13.0. The van der Waals surface area contributed by atoms with Crippen LogP contribution in [0.25, 0.3) is 0 Å². The summed E-state index contributed by atoms with van der Waals surface area (Å²) >= 11 is 6.07. The second kappa shape index (κ2) is 10.1. The van der Waals surface area contributed by atoms with E-state index in [0.717, 1.165) is 18.4 Å². The van der Waals surface area contributed by atoms with Gasteiger partial charge in [-0.15, -0.1) is 0 Å². The number of rotatable bonds is 9. The molecule has 1 amide bonds. The fourth-order valence-corrected chi connectivity index (χ4v) is 3.65. The van der Waals surface area contributed by atoms with E-state index in [0.29, 0.717) is 12.2 Å². The van der Waals surface area contributed by atoms with E-state index in [1.54, 1.807) is 0 Å². The number of aromatic hydroxyl groups is 1. The van der Waals surface area contributed by atoms with Crippen LogP contribution in [0, 0.1) is 0 Å². The number of phenolic OH excluding ortho intramolecular Hbond substituents is 1. The van der Waals surface area contributed by atoms with Gasteiger partial charge in [-0.05, 0) is 47.8 Å². The van der Waals surface area contributed by atoms with Crippen molar-refractivity contribution in [2.45, 2.75) is 84.7 Å². The van der Waals surface area contributed by atoms with Crippen LogP contribution < -0.4 is 21.5 Å². The summed E-state index contributed by atoms with van der Waals surface area (Å²) in [5, 5.41) is 13.1. The van der Waals surface area contributed by atoms with Crippen molar-refractivity contribution >= 4 is 34.6 Å². The molecule has 0 fully saturated rings. The van der Waals surface area contributed by atoms with Crippen molar-refractivity contribution in [3.05, 3.63) is 40.4 Å². The van der Waals surface area contributed by atoms with E-state index in [1.165, 1.54) is 11.6 Å². The van der Waals surface area contributed by atoms with Crippen molar-refractivity contribution in [3.63, 3.8) is 0 Å². The van der Waals surface area contributed by atoms with E-state index in [2.05, 4.69) is 59.0 Å². The Morgan fingerprint density at radius 1 is 1.06 bits per heavy atom. The number of carbonyl (C=O) groups excluding carboxylic acids is 1. The van der Waals surface area contributed by atoms with Gasteiger partial charge in [0.15, 0.2) is 11.9 Å². The fraction of sp³-hybridized carbons (Fsp3) is 0.500. The summed E-state index contributed by atoms with van der Waals surface area (Å²) < 4.78 is 6.26. The van der Waals surface area contributed by atoms with Crippen LogP contribution in [-0.2, 0) is 15.6 Å². The van der Waals surface area contributed by atoms with Crippen LogP contribution in [0.3, 0.4) is 0 Å². The van der Waals surface area contributed by atoms with Gasteiger partial charge in [0.2, 0.25) is 0 Å². The van der Waals surface area contributed by atoms with E-state index < -0.39 is 12.0 Å². The molecule has 6 N–H and O–H groups in total. The third-order valence-electron chi connectivity index (χ3n) is 6.78. The zero-order chi connectivity index (χ0) is 25.1. The quantitative estimate of drug-likeness (QED) is 0.248. The highest BCUT2D eigenvalue weighted by Crippen LogP contribution is 2.41. The third-order valence-corrected chi connectivity index (χ3v) is 7.09. The Balaban J connectivity index is 2.40. The number of hydrogen-bond acceptors (Lipinski definition) is 5. The standard InChI is InChI=1S/C26H38ClN3O3/c1-8-19(24(32)30-18-14-17(27)21(28)22(29)23(18)31)33-20-12-11-15(25(4,5)9-2)13-16(20)26(6,7)10-3/h11-14,19,31H,8-10,28-29H2,1-7H3,(H,30,32). The van der Waals surface area contributed by atoms with E-state index in [4.69, 9.17) is 27.8 Å². The largest absolute Gasteiger partial charge is 0.504 e. The lowest BCUT2D eigenvalue weighted by atomic mass is 9.76. The minimum absolute atomic E-state index is 0.0323. The maximum Gasteiger partial charge on any atom is 0.265 e. The smallest absolute Gasteiger partial charge is 0.265 e. The van der Waals surface area contributed by atoms with Crippen LogP contribution in [-0.4, -0.2) is 17.1 Å². The van der Waals surface area contributed by atoms with Crippen molar-refractivity contribution in [2.75, 3.05) is 16.8 Å². The first-order valence-electron chi connectivity index (χ1n) is 11.5. The van der Waals surface area contributed by atoms with Gasteiger partial charge >= 0.3 is 0 Å². The molecule has 0 spiro atoms. The van der Waals surface area contributed by atoms with Gasteiger partial charge in [0, 0.05) is 5.56 Å². The number of nitrogen functional groups attached to an aromatic ring is 2. The van der Waals surface area contributed by atoms with Crippen LogP contribution in [0.5, 0.6) is 11.5 Å². The van der Waals surface area contributed by atoms with Crippen LogP contribution in [0.1, 0.15) is 78.9 Å². The van der Waals surface area contributed by atoms with Crippen molar-refractivity contribution < 1.29 is 14.6 Å². The Morgan fingerprint density at radius 3 is 2.21 bits per heavy atom. The molecule has 6 nitrogen and oxygen atoms in total. The summed E-state index contributed by atoms with van der Waals surface area (Å²) in [7, 11) is 0. The molecule has 0 aromatic heterocycles. The number of nitrogens with one attached hydrogen (secondary N) is 1. The number of amides is 1. The number of ether oxygens (including phenoxy) is 1. The second-order valence-corrected chi connectivity index (χ2v) is 10.2. The molecule has 182 valence electrons. The number of phenols is 1. The molecule has 1 atom stereocenters. The number of halogens is 1. The number of carbonyl (C=O) groups is 1. The average Bonchev–Trinajstić information content (AvgIpc) is 2.79. The number of hydrogen-bond donors (Lipinski definition) is 4. The highest BCUT2D eigenvalue weighted by molar-refractivity contribution is 6.34. The number of anilines is 3. The molecule has 0 aliphatic heterocycles. The summed E-state index contributed by atoms with van der Waals surface area (Å²) in [5.41, 5.74) is 13.8. The molecule has 0 aliphatic carbocycles. The fourth-order valence-electron chi connectivity index (χ4n) is 3.44. The zero-order valence-corrected chi connectivity index (χ0v) is 21.6. The SMILES string of the molecule is CCC(Oc1ccc(C(C)(C)CC)cc1C(C)(C)CC)C(=O)Nc1cc(Cl)c(N)c(N)c1O. The minimum atomic E-state index is -0.779. The molecular formula is C26H38ClN3O3. The summed E-state index contributed by atoms with van der Waals surface area (Å²) in [6.45, 7) is 15.0. The molecule has 7 heteroatoms. The molecule has 2 aromatic carbocycles. The predicted octanol–water partition coefficient (Wildman–Crippen LogP) is 6.38. The molecule has 0 aliphatic rings. The zero-order valence-electron chi connectivity index (χ0n) is 20.8. The van der Waals surface area contributed by atoms with E-state index in [-0.39, 0.29) is 38.7 Å². The Labute approximate surface area is 202 Å². The lowest BCUT2D eigenvalue weighted by molar-refractivity contribution is -0.122. The highest BCUT2D eigenvalue weighted by atomic mass is 35.5. The van der Waals surface area contributed by atoms with Crippen molar-refractivity contribution in [2.24, 2.45) is 0 Å². The molecule has 0 bridgehead atoms. The first-order valence-corrected chi connectivity index (χ1v) is 11.9. The van der Waals surface area contributed by atoms with E-state index >= 15 is 0 Å². The van der Waals surface area contributed by atoms with Gasteiger partial charge in [-0.1, -0.05) is 72.2 Å². The molecule has 0 saturated carbocycles. The first kappa shape index (κ1) is 26.7. The van der Waals surface area contributed by atoms with E-state index in [1.807, 2.05) is 13.0 Å². The van der Waals surface area contributed by atoms with Gasteiger partial charge in [0.05, 0.1) is 16.4 Å². The molecular weight excluding hydrogens is 438 g/mol. The summed E-state index contributed by atoms with van der Waals surface area (Å²) in [6.07, 6.45) is 1.58. The molecule has 1 unspecified atom stereocenters. The predicted molar refractivity (Wildman–Crippen MR) is 138 cm³/mol. The lowest BCUT2D eigenvalue weighted by Gasteiger charge is -2.31. The van der Waals surface area contributed by atoms with E-state index in [9.17, 15) is 9.90 Å². The van der Waals surface area contributed by atoms with Crippen LogP contribution in [0.2, 0.25) is 5.02 Å². The van der Waals surface area contributed by atoms with Crippen molar-refractivity contribution in [1.29, 1.82) is 0 Å². The third kappa shape index (κ3) is 5.67. The summed E-state index contributed by atoms with van der Waals surface area (Å²) in [5.74, 6) is -0.0520. The van der Waals surface area contributed by atoms with Gasteiger partial charge in [0.25, 0.3) is 5.91 Å². The van der Waals surface area contributed by atoms with Crippen LogP contribution >= 0.6 is 11.6 Å². The minimum Gasteiger partial charge on any atom is -0.504 e. The molecule has 0 heterocycles. The van der Waals surface area contributed by atoms with Crippen LogP contribution in [0.15, 0.2) is 24.3 Å². The summed E-state index contributed by atoms with van der Waals surface area (Å²) in [4.78, 5) is 13.0. The topological polar surface area (TPSA) is 111 Å². The van der Waals surface area contributed by atoms with Gasteiger partial charge in [-0.3, -0.25) is 4.79 Å². The van der Waals surface area contributed by atoms with Gasteiger partial charge in [0.1, 0.15) is 11.4 Å². The Bertz CT molecular complexity index is 1020. The van der Waals surface area contributed by atoms with Gasteiger partial charge in [-0.2, -0.15) is 0 Å². The maximum absolute atomic E-state index is 13.0. The van der Waals surface area contributed by atoms with Crippen molar-refractivity contribution in [1.82, 2.24) is 0 Å².